The first-order valence-electron chi connectivity index (χ1n) is 5.57. The normalized spacial score (nSPS) is 11.0. The monoisotopic (exact) mass is 258 g/mol. The molecular formula is C13H11ClN4. The summed E-state index contributed by atoms with van der Waals surface area (Å²) in [6, 6.07) is 9.40. The Balaban J connectivity index is 2.07. The Morgan fingerprint density at radius 1 is 1.22 bits per heavy atom. The number of H-pyrrole nitrogens is 1. The standard InChI is InChI=1S/C13H11ClN4/c14-9-2-4-10-12(5-9)18-13(17-10)11-3-1-8(6-15)7-16-11/h1-5,7H,6,15H2,(H,17,18). The number of rotatable bonds is 2. The molecule has 0 aliphatic rings. The van der Waals surface area contributed by atoms with Crippen molar-refractivity contribution in [2.24, 2.45) is 5.73 Å². The van der Waals surface area contributed by atoms with E-state index in [1.807, 2.05) is 30.3 Å². The third kappa shape index (κ3) is 1.96. The predicted molar refractivity (Wildman–Crippen MR) is 72.2 cm³/mol. The zero-order valence-corrected chi connectivity index (χ0v) is 10.3. The topological polar surface area (TPSA) is 67.6 Å². The minimum atomic E-state index is 0.489. The number of benzene rings is 1. The number of nitrogens with one attached hydrogen (secondary N) is 1. The van der Waals surface area contributed by atoms with Crippen molar-refractivity contribution in [3.8, 4) is 11.5 Å². The molecule has 4 nitrogen and oxygen atoms in total. The van der Waals surface area contributed by atoms with E-state index in [2.05, 4.69) is 15.0 Å². The zero-order chi connectivity index (χ0) is 12.5. The van der Waals surface area contributed by atoms with Crippen molar-refractivity contribution in [1.82, 2.24) is 15.0 Å². The predicted octanol–water partition coefficient (Wildman–Crippen LogP) is 2.74. The van der Waals surface area contributed by atoms with E-state index in [4.69, 9.17) is 17.3 Å². The Morgan fingerprint density at radius 3 is 2.83 bits per heavy atom. The second-order valence-corrected chi connectivity index (χ2v) is 4.44. The summed E-state index contributed by atoms with van der Waals surface area (Å²) in [4.78, 5) is 12.0. The molecule has 3 rings (SSSR count). The molecule has 2 heterocycles. The highest BCUT2D eigenvalue weighted by molar-refractivity contribution is 6.31. The molecule has 0 spiro atoms. The second-order valence-electron chi connectivity index (χ2n) is 4.00. The lowest BCUT2D eigenvalue weighted by atomic mass is 10.2. The van der Waals surface area contributed by atoms with E-state index in [0.717, 1.165) is 28.1 Å². The maximum atomic E-state index is 5.94. The smallest absolute Gasteiger partial charge is 0.157 e. The van der Waals surface area contributed by atoms with Crippen LogP contribution in [0.1, 0.15) is 5.56 Å². The van der Waals surface area contributed by atoms with Gasteiger partial charge in [0.1, 0.15) is 5.69 Å². The van der Waals surface area contributed by atoms with Crippen molar-refractivity contribution in [1.29, 1.82) is 0 Å². The number of pyridine rings is 1. The number of fused-ring (bicyclic) bond motifs is 1. The van der Waals surface area contributed by atoms with Crippen LogP contribution in [0.3, 0.4) is 0 Å². The van der Waals surface area contributed by atoms with Gasteiger partial charge in [0, 0.05) is 17.8 Å². The number of hydrogen-bond donors (Lipinski definition) is 2. The molecule has 0 radical (unpaired) electrons. The maximum absolute atomic E-state index is 5.94. The van der Waals surface area contributed by atoms with E-state index >= 15 is 0 Å². The number of aromatic nitrogens is 3. The van der Waals surface area contributed by atoms with Gasteiger partial charge in [-0.15, -0.1) is 0 Å². The minimum absolute atomic E-state index is 0.489. The van der Waals surface area contributed by atoms with Crippen LogP contribution in [0, 0.1) is 0 Å². The Labute approximate surface area is 109 Å². The van der Waals surface area contributed by atoms with Gasteiger partial charge in [0.25, 0.3) is 0 Å². The van der Waals surface area contributed by atoms with Crippen molar-refractivity contribution in [3.05, 3.63) is 47.1 Å². The molecule has 0 atom stereocenters. The molecule has 0 saturated heterocycles. The van der Waals surface area contributed by atoms with Crippen molar-refractivity contribution < 1.29 is 0 Å². The van der Waals surface area contributed by atoms with Crippen LogP contribution in [0.4, 0.5) is 0 Å². The third-order valence-electron chi connectivity index (χ3n) is 2.75. The molecule has 0 saturated carbocycles. The maximum Gasteiger partial charge on any atom is 0.157 e. The largest absolute Gasteiger partial charge is 0.337 e. The van der Waals surface area contributed by atoms with E-state index in [1.54, 1.807) is 6.20 Å². The molecule has 0 fully saturated rings. The van der Waals surface area contributed by atoms with Crippen LogP contribution >= 0.6 is 11.6 Å². The minimum Gasteiger partial charge on any atom is -0.337 e. The molecule has 3 aromatic rings. The Morgan fingerprint density at radius 2 is 2.11 bits per heavy atom. The van der Waals surface area contributed by atoms with Gasteiger partial charge in [0.2, 0.25) is 0 Å². The first-order chi connectivity index (χ1) is 8.76. The van der Waals surface area contributed by atoms with Crippen LogP contribution in [0.25, 0.3) is 22.6 Å². The average molecular weight is 259 g/mol. The van der Waals surface area contributed by atoms with Crippen LogP contribution in [-0.2, 0) is 6.54 Å². The number of nitrogens with zero attached hydrogens (tertiary/aromatic N) is 2. The van der Waals surface area contributed by atoms with Gasteiger partial charge in [-0.1, -0.05) is 17.7 Å². The molecule has 0 amide bonds. The SMILES string of the molecule is NCc1ccc(-c2nc3ccc(Cl)cc3[nH]2)nc1. The molecule has 5 heteroatoms. The molecule has 90 valence electrons. The highest BCUT2D eigenvalue weighted by Gasteiger charge is 2.06. The van der Waals surface area contributed by atoms with Crippen molar-refractivity contribution in [3.63, 3.8) is 0 Å². The fraction of sp³-hybridized carbons (Fsp3) is 0.0769. The van der Waals surface area contributed by atoms with Crippen LogP contribution in [0.15, 0.2) is 36.5 Å². The van der Waals surface area contributed by atoms with E-state index in [1.165, 1.54) is 0 Å². The number of nitrogens with two attached hydrogens (primary N) is 1. The Kier molecular flexibility index (Phi) is 2.74. The highest BCUT2D eigenvalue weighted by Crippen LogP contribution is 2.21. The fourth-order valence-corrected chi connectivity index (χ4v) is 1.96. The first-order valence-corrected chi connectivity index (χ1v) is 5.95. The van der Waals surface area contributed by atoms with E-state index in [-0.39, 0.29) is 0 Å². The van der Waals surface area contributed by atoms with Gasteiger partial charge >= 0.3 is 0 Å². The highest BCUT2D eigenvalue weighted by atomic mass is 35.5. The summed E-state index contributed by atoms with van der Waals surface area (Å²) in [7, 11) is 0. The number of halogens is 1. The first kappa shape index (κ1) is 11.2. The van der Waals surface area contributed by atoms with Crippen LogP contribution in [-0.4, -0.2) is 15.0 Å². The number of aromatic amines is 1. The summed E-state index contributed by atoms with van der Waals surface area (Å²) in [5.74, 6) is 0.732. The molecule has 2 aromatic heterocycles. The fourth-order valence-electron chi connectivity index (χ4n) is 1.79. The summed E-state index contributed by atoms with van der Waals surface area (Å²) in [5.41, 5.74) is 9.11. The molecule has 1 aromatic carbocycles. The van der Waals surface area contributed by atoms with Gasteiger partial charge in [-0.3, -0.25) is 4.98 Å². The number of imidazole rings is 1. The van der Waals surface area contributed by atoms with Gasteiger partial charge < -0.3 is 10.7 Å². The summed E-state index contributed by atoms with van der Waals surface area (Å²) >= 11 is 5.94. The molecular weight excluding hydrogens is 248 g/mol. The second kappa shape index (κ2) is 4.40. The van der Waals surface area contributed by atoms with Gasteiger partial charge in [-0.05, 0) is 29.8 Å². The molecule has 3 N–H and O–H groups in total. The van der Waals surface area contributed by atoms with Crippen molar-refractivity contribution in [2.75, 3.05) is 0 Å². The Bertz CT molecular complexity index is 688. The molecule has 0 unspecified atom stereocenters. The van der Waals surface area contributed by atoms with Gasteiger partial charge in [0.05, 0.1) is 11.0 Å². The molecule has 0 aliphatic carbocycles. The average Bonchev–Trinajstić information content (AvgIpc) is 2.81. The van der Waals surface area contributed by atoms with Crippen LogP contribution in [0.2, 0.25) is 5.02 Å². The van der Waals surface area contributed by atoms with E-state index in [9.17, 15) is 0 Å². The molecule has 0 bridgehead atoms. The summed E-state index contributed by atoms with van der Waals surface area (Å²) in [6.45, 7) is 0.489. The van der Waals surface area contributed by atoms with Gasteiger partial charge in [0.15, 0.2) is 5.82 Å². The zero-order valence-electron chi connectivity index (χ0n) is 9.52. The lowest BCUT2D eigenvalue weighted by Gasteiger charge is -1.97. The van der Waals surface area contributed by atoms with E-state index in [0.29, 0.717) is 11.6 Å². The molecule has 0 aliphatic heterocycles. The summed E-state index contributed by atoms with van der Waals surface area (Å²) < 4.78 is 0. The van der Waals surface area contributed by atoms with Gasteiger partial charge in [-0.25, -0.2) is 4.98 Å². The van der Waals surface area contributed by atoms with Crippen molar-refractivity contribution in [2.45, 2.75) is 6.54 Å². The Hall–Kier alpha value is -1.91. The molecule has 18 heavy (non-hydrogen) atoms. The van der Waals surface area contributed by atoms with Gasteiger partial charge in [-0.2, -0.15) is 0 Å². The lowest BCUT2D eigenvalue weighted by Crippen LogP contribution is -1.97. The summed E-state index contributed by atoms with van der Waals surface area (Å²) in [6.07, 6.45) is 1.76. The lowest BCUT2D eigenvalue weighted by molar-refractivity contribution is 1.05. The van der Waals surface area contributed by atoms with Crippen molar-refractivity contribution >= 4 is 22.6 Å². The quantitative estimate of drug-likeness (QED) is 0.743. The van der Waals surface area contributed by atoms with Crippen LogP contribution < -0.4 is 5.73 Å². The van der Waals surface area contributed by atoms with E-state index < -0.39 is 0 Å². The summed E-state index contributed by atoms with van der Waals surface area (Å²) in [5, 5.41) is 0.684. The third-order valence-corrected chi connectivity index (χ3v) is 2.98. The van der Waals surface area contributed by atoms with Crippen LogP contribution in [0.5, 0.6) is 0 Å². The number of hydrogen-bond acceptors (Lipinski definition) is 3.